The third-order valence-electron chi connectivity index (χ3n) is 1.39. The number of halogens is 2. The first-order chi connectivity index (χ1) is 6.86. The van der Waals surface area contributed by atoms with Crippen molar-refractivity contribution >= 4 is 35.1 Å². The molecule has 0 amide bonds. The second-order valence-electron chi connectivity index (χ2n) is 2.33. The second-order valence-corrected chi connectivity index (χ2v) is 3.08. The lowest BCUT2D eigenvalue weighted by Crippen LogP contribution is -2.14. The van der Waals surface area contributed by atoms with Gasteiger partial charge in [-0.25, -0.2) is 9.59 Å². The van der Waals surface area contributed by atoms with Gasteiger partial charge in [0.15, 0.2) is 0 Å². The standard InChI is InChI=1S/C7H2Cl2O6/c8-1-3(10)2(9)5(7(13)14)15-4(1)6(11)12/h(H,11,12)(H,13,14). The summed E-state index contributed by atoms with van der Waals surface area (Å²) in [4.78, 5) is 32.2. The molecule has 1 heterocycles. The zero-order valence-electron chi connectivity index (χ0n) is 6.78. The Kier molecular flexibility index (Phi) is 3.01. The van der Waals surface area contributed by atoms with Crippen molar-refractivity contribution in [3.8, 4) is 0 Å². The maximum Gasteiger partial charge on any atom is 0.373 e. The van der Waals surface area contributed by atoms with E-state index in [1.54, 1.807) is 0 Å². The Balaban J connectivity index is 3.67. The molecule has 2 N–H and O–H groups in total. The highest BCUT2D eigenvalue weighted by molar-refractivity contribution is 6.37. The Morgan fingerprint density at radius 3 is 1.60 bits per heavy atom. The first kappa shape index (κ1) is 11.5. The van der Waals surface area contributed by atoms with Crippen LogP contribution in [-0.2, 0) is 0 Å². The Morgan fingerprint density at radius 1 is 1.00 bits per heavy atom. The Bertz CT molecular complexity index is 462. The van der Waals surface area contributed by atoms with Crippen LogP contribution in [0.3, 0.4) is 0 Å². The summed E-state index contributed by atoms with van der Waals surface area (Å²) in [6.07, 6.45) is 0. The largest absolute Gasteiger partial charge is 0.475 e. The summed E-state index contributed by atoms with van der Waals surface area (Å²) >= 11 is 10.6. The minimum atomic E-state index is -1.66. The van der Waals surface area contributed by atoms with Gasteiger partial charge in [0.05, 0.1) is 0 Å². The van der Waals surface area contributed by atoms with Crippen molar-refractivity contribution in [1.29, 1.82) is 0 Å². The summed E-state index contributed by atoms with van der Waals surface area (Å²) in [5, 5.41) is 15.5. The Labute approximate surface area is 91.6 Å². The molecule has 0 aliphatic heterocycles. The van der Waals surface area contributed by atoms with Gasteiger partial charge in [-0.2, -0.15) is 0 Å². The minimum Gasteiger partial charge on any atom is -0.475 e. The quantitative estimate of drug-likeness (QED) is 0.823. The predicted molar refractivity (Wildman–Crippen MR) is 48.9 cm³/mol. The normalized spacial score (nSPS) is 10.0. The molecule has 0 aliphatic carbocycles. The highest BCUT2D eigenvalue weighted by Crippen LogP contribution is 2.19. The van der Waals surface area contributed by atoms with Gasteiger partial charge in [-0.1, -0.05) is 23.2 Å². The summed E-state index contributed by atoms with van der Waals surface area (Å²) in [7, 11) is 0. The molecule has 0 spiro atoms. The molecule has 0 fully saturated rings. The molecule has 0 unspecified atom stereocenters. The van der Waals surface area contributed by atoms with Gasteiger partial charge in [-0.05, 0) is 0 Å². The average Bonchev–Trinajstić information content (AvgIpc) is 2.13. The van der Waals surface area contributed by atoms with Gasteiger partial charge in [-0.15, -0.1) is 0 Å². The summed E-state index contributed by atoms with van der Waals surface area (Å²) in [6.45, 7) is 0. The van der Waals surface area contributed by atoms with E-state index in [1.165, 1.54) is 0 Å². The molecule has 6 nitrogen and oxygen atoms in total. The molecule has 1 rings (SSSR count). The van der Waals surface area contributed by atoms with E-state index in [2.05, 4.69) is 4.42 Å². The molecule has 0 bridgehead atoms. The number of hydrogen-bond acceptors (Lipinski definition) is 4. The number of aromatic carboxylic acids is 2. The number of carboxylic acid groups (broad SMARTS) is 2. The Hall–Kier alpha value is -1.53. The molecule has 0 radical (unpaired) electrons. The van der Waals surface area contributed by atoms with E-state index in [-0.39, 0.29) is 0 Å². The van der Waals surface area contributed by atoms with Crippen molar-refractivity contribution in [2.75, 3.05) is 0 Å². The number of carbonyl (C=O) groups is 2. The van der Waals surface area contributed by atoms with Crippen LogP contribution in [0.15, 0.2) is 9.21 Å². The molecule has 0 aromatic carbocycles. The molecule has 0 atom stereocenters. The number of carboxylic acids is 2. The maximum absolute atomic E-state index is 11.2. The average molecular weight is 253 g/mol. The van der Waals surface area contributed by atoms with Crippen LogP contribution in [0.1, 0.15) is 21.1 Å². The van der Waals surface area contributed by atoms with Gasteiger partial charge in [0.1, 0.15) is 10.0 Å². The van der Waals surface area contributed by atoms with E-state index < -0.39 is 38.9 Å². The molecule has 8 heteroatoms. The van der Waals surface area contributed by atoms with E-state index in [4.69, 9.17) is 33.4 Å². The van der Waals surface area contributed by atoms with Crippen LogP contribution in [0.2, 0.25) is 10.0 Å². The molecule has 1 aromatic heterocycles. The SMILES string of the molecule is O=C(O)c1oc(C(=O)O)c(Cl)c(=O)c1Cl. The molecule has 0 aliphatic rings. The smallest absolute Gasteiger partial charge is 0.373 e. The lowest BCUT2D eigenvalue weighted by molar-refractivity contribution is 0.0624. The highest BCUT2D eigenvalue weighted by Gasteiger charge is 2.24. The molecule has 1 aromatic rings. The van der Waals surface area contributed by atoms with E-state index in [0.29, 0.717) is 0 Å². The van der Waals surface area contributed by atoms with Crippen molar-refractivity contribution < 1.29 is 24.2 Å². The van der Waals surface area contributed by atoms with Crippen LogP contribution in [-0.4, -0.2) is 22.2 Å². The number of hydrogen-bond donors (Lipinski definition) is 2. The fourth-order valence-corrected chi connectivity index (χ4v) is 1.25. The molecular formula is C7H2Cl2O6. The van der Waals surface area contributed by atoms with Crippen LogP contribution in [0.25, 0.3) is 0 Å². The lowest BCUT2D eigenvalue weighted by atomic mass is 10.3. The first-order valence-electron chi connectivity index (χ1n) is 3.35. The molecular weight excluding hydrogens is 251 g/mol. The van der Waals surface area contributed by atoms with Gasteiger partial charge in [0.25, 0.3) is 0 Å². The summed E-state index contributed by atoms with van der Waals surface area (Å²) in [5.74, 6) is -5.22. The van der Waals surface area contributed by atoms with Crippen LogP contribution in [0.5, 0.6) is 0 Å². The molecule has 80 valence electrons. The molecule has 0 saturated heterocycles. The van der Waals surface area contributed by atoms with E-state index in [9.17, 15) is 14.4 Å². The third kappa shape index (κ3) is 1.95. The zero-order chi connectivity index (χ0) is 11.7. The van der Waals surface area contributed by atoms with Crippen LogP contribution in [0.4, 0.5) is 0 Å². The molecule has 15 heavy (non-hydrogen) atoms. The molecule has 0 saturated carbocycles. The zero-order valence-corrected chi connectivity index (χ0v) is 8.30. The Morgan fingerprint density at radius 2 is 1.33 bits per heavy atom. The fourth-order valence-electron chi connectivity index (χ4n) is 0.769. The summed E-state index contributed by atoms with van der Waals surface area (Å²) < 4.78 is 4.38. The van der Waals surface area contributed by atoms with Crippen molar-refractivity contribution in [2.45, 2.75) is 0 Å². The lowest BCUT2D eigenvalue weighted by Gasteiger charge is -2.01. The maximum atomic E-state index is 11.2. The van der Waals surface area contributed by atoms with Crippen molar-refractivity contribution in [2.24, 2.45) is 0 Å². The first-order valence-corrected chi connectivity index (χ1v) is 4.10. The highest BCUT2D eigenvalue weighted by atomic mass is 35.5. The fraction of sp³-hybridized carbons (Fsp3) is 0. The van der Waals surface area contributed by atoms with Gasteiger partial charge in [0.2, 0.25) is 16.9 Å². The van der Waals surface area contributed by atoms with Crippen LogP contribution >= 0.6 is 23.2 Å². The van der Waals surface area contributed by atoms with E-state index in [1.807, 2.05) is 0 Å². The third-order valence-corrected chi connectivity index (χ3v) is 2.08. The minimum absolute atomic E-state index is 0.766. The van der Waals surface area contributed by atoms with Crippen LogP contribution in [0, 0.1) is 0 Å². The van der Waals surface area contributed by atoms with Crippen LogP contribution < -0.4 is 5.43 Å². The van der Waals surface area contributed by atoms with E-state index in [0.717, 1.165) is 0 Å². The topological polar surface area (TPSA) is 105 Å². The van der Waals surface area contributed by atoms with E-state index >= 15 is 0 Å². The van der Waals surface area contributed by atoms with Gasteiger partial charge >= 0.3 is 11.9 Å². The monoisotopic (exact) mass is 252 g/mol. The second kappa shape index (κ2) is 3.92. The van der Waals surface area contributed by atoms with Gasteiger partial charge < -0.3 is 14.6 Å². The summed E-state index contributed by atoms with van der Waals surface area (Å²) in [5.41, 5.74) is -1.10. The van der Waals surface area contributed by atoms with Crippen molar-refractivity contribution in [3.05, 3.63) is 31.8 Å². The number of rotatable bonds is 2. The predicted octanol–water partition coefficient (Wildman–Crippen LogP) is 1.34. The van der Waals surface area contributed by atoms with Gasteiger partial charge in [0, 0.05) is 0 Å². The van der Waals surface area contributed by atoms with Crippen molar-refractivity contribution in [1.82, 2.24) is 0 Å². The summed E-state index contributed by atoms with van der Waals surface area (Å²) in [6, 6.07) is 0. The van der Waals surface area contributed by atoms with Gasteiger partial charge in [-0.3, -0.25) is 4.79 Å². The van der Waals surface area contributed by atoms with Crippen molar-refractivity contribution in [3.63, 3.8) is 0 Å².